The third-order valence-electron chi connectivity index (χ3n) is 2.56. The van der Waals surface area contributed by atoms with Crippen LogP contribution in [0.1, 0.15) is 38.3 Å². The van der Waals surface area contributed by atoms with E-state index in [-0.39, 0.29) is 11.8 Å². The van der Waals surface area contributed by atoms with E-state index < -0.39 is 0 Å². The third-order valence-corrected chi connectivity index (χ3v) is 2.56. The molecular weight excluding hydrogens is 210 g/mol. The minimum atomic E-state index is -0.273. The summed E-state index contributed by atoms with van der Waals surface area (Å²) in [5, 5.41) is 0. The molecule has 0 fully saturated rings. The first-order chi connectivity index (χ1) is 8.02. The lowest BCUT2D eigenvalue weighted by atomic mass is 9.94. The van der Waals surface area contributed by atoms with Gasteiger partial charge in [-0.25, -0.2) is 0 Å². The Hall–Kier alpha value is -1.57. The Labute approximate surface area is 105 Å². The van der Waals surface area contributed by atoms with Crippen molar-refractivity contribution in [1.29, 1.82) is 0 Å². The fourth-order valence-corrected chi connectivity index (χ4v) is 1.55. The number of nitrogens with two attached hydrogens (primary N) is 1. The van der Waals surface area contributed by atoms with Gasteiger partial charge < -0.3 is 5.73 Å². The molecule has 2 heteroatoms. The van der Waals surface area contributed by atoms with Crippen molar-refractivity contribution in [3.63, 3.8) is 0 Å². The molecule has 1 atom stereocenters. The van der Waals surface area contributed by atoms with E-state index >= 15 is 0 Å². The van der Waals surface area contributed by atoms with E-state index in [1.54, 1.807) is 0 Å². The van der Waals surface area contributed by atoms with Crippen LogP contribution in [0.2, 0.25) is 0 Å². The number of hydrogen-bond donors (Lipinski definition) is 1. The molecule has 94 valence electrons. The molecule has 0 radical (unpaired) electrons. The average molecular weight is 233 g/mol. The summed E-state index contributed by atoms with van der Waals surface area (Å²) in [7, 11) is 0. The molecule has 1 aromatic rings. The molecule has 1 aromatic carbocycles. The molecule has 0 aromatic heterocycles. The van der Waals surface area contributed by atoms with Gasteiger partial charge in [-0.2, -0.15) is 0 Å². The van der Waals surface area contributed by atoms with E-state index in [1.165, 1.54) is 5.56 Å². The number of rotatable bonds is 4. The number of allylic oxidation sites excluding steroid dienone is 1. The lowest BCUT2D eigenvalue weighted by Crippen LogP contribution is -2.20. The van der Waals surface area contributed by atoms with E-state index in [2.05, 4.69) is 6.58 Å². The van der Waals surface area contributed by atoms with Crippen LogP contribution in [0.4, 0.5) is 0 Å². The number of hydrogen-bond acceptors (Lipinski definition) is 1. The minimum Gasteiger partial charge on any atom is -0.369 e. The van der Waals surface area contributed by atoms with Crippen molar-refractivity contribution >= 4 is 11.5 Å². The fourth-order valence-electron chi connectivity index (χ4n) is 1.55. The highest BCUT2D eigenvalue weighted by Crippen LogP contribution is 2.23. The fraction of sp³-hybridized carbons (Fsp3) is 0.400. The Morgan fingerprint density at radius 1 is 1.35 bits per heavy atom. The van der Waals surface area contributed by atoms with Gasteiger partial charge in [0.15, 0.2) is 0 Å². The van der Waals surface area contributed by atoms with Crippen molar-refractivity contribution in [3.05, 3.63) is 42.0 Å². The van der Waals surface area contributed by atoms with Crippen LogP contribution in [0, 0.1) is 12.8 Å². The first-order valence-electron chi connectivity index (χ1n) is 6.05. The van der Waals surface area contributed by atoms with E-state index in [9.17, 15) is 4.79 Å². The normalized spacial score (nSPS) is 11.1. The monoisotopic (exact) mass is 233 g/mol. The highest BCUT2D eigenvalue weighted by molar-refractivity contribution is 5.79. The molecule has 0 saturated carbocycles. The first kappa shape index (κ1) is 15.4. The van der Waals surface area contributed by atoms with Gasteiger partial charge in [-0.05, 0) is 30.0 Å². The molecule has 0 aliphatic heterocycles. The average Bonchev–Trinajstić information content (AvgIpc) is 2.31. The van der Waals surface area contributed by atoms with Gasteiger partial charge in [0.25, 0.3) is 0 Å². The number of carbonyl (C=O) groups is 1. The number of amides is 1. The number of aryl methyl sites for hydroxylation is 1. The van der Waals surface area contributed by atoms with E-state index in [0.717, 1.165) is 11.1 Å². The molecular formula is C15H23NO. The van der Waals surface area contributed by atoms with Crippen LogP contribution >= 0.6 is 0 Å². The molecule has 0 saturated heterocycles. The van der Waals surface area contributed by atoms with Crippen LogP contribution in [0.25, 0.3) is 5.57 Å². The van der Waals surface area contributed by atoms with Crippen LogP contribution in [0.3, 0.4) is 0 Å². The Balaban J connectivity index is 0.00000121. The highest BCUT2D eigenvalue weighted by Gasteiger charge is 2.12. The molecule has 0 heterocycles. The molecule has 1 amide bonds. The lowest BCUT2D eigenvalue weighted by molar-refractivity contribution is -0.121. The van der Waals surface area contributed by atoms with Crippen LogP contribution in [0.15, 0.2) is 30.8 Å². The zero-order valence-corrected chi connectivity index (χ0v) is 11.3. The summed E-state index contributed by atoms with van der Waals surface area (Å²) in [5.41, 5.74) is 8.49. The van der Waals surface area contributed by atoms with Crippen LogP contribution < -0.4 is 5.73 Å². The standard InChI is InChI=1S/C13H17NO.C2H6/c1-9-6-4-5-7-12(9)10(2)8-11(3)13(14)15;1-2/h4-7,11H,2,8H2,1,3H3,(H2,14,15);1-2H3. The van der Waals surface area contributed by atoms with E-state index in [4.69, 9.17) is 5.73 Å². The van der Waals surface area contributed by atoms with Gasteiger partial charge in [0.1, 0.15) is 0 Å². The number of primary amides is 1. The molecule has 0 bridgehead atoms. The molecule has 0 aliphatic carbocycles. The quantitative estimate of drug-likeness (QED) is 0.849. The Morgan fingerprint density at radius 3 is 2.35 bits per heavy atom. The second kappa shape index (κ2) is 7.66. The van der Waals surface area contributed by atoms with Gasteiger partial charge >= 0.3 is 0 Å². The lowest BCUT2D eigenvalue weighted by Gasteiger charge is -2.12. The predicted molar refractivity (Wildman–Crippen MR) is 74.5 cm³/mol. The Bertz CT molecular complexity index is 382. The summed E-state index contributed by atoms with van der Waals surface area (Å²) in [6.07, 6.45) is 0.625. The maximum atomic E-state index is 10.9. The zero-order chi connectivity index (χ0) is 13.4. The summed E-state index contributed by atoms with van der Waals surface area (Å²) >= 11 is 0. The van der Waals surface area contributed by atoms with Gasteiger partial charge in [0.05, 0.1) is 0 Å². The SMILES string of the molecule is C=C(CC(C)C(N)=O)c1ccccc1C.CC. The molecule has 17 heavy (non-hydrogen) atoms. The summed E-state index contributed by atoms with van der Waals surface area (Å²) in [5.74, 6) is -0.429. The smallest absolute Gasteiger partial charge is 0.220 e. The Morgan fingerprint density at radius 2 is 1.88 bits per heavy atom. The molecule has 0 aliphatic rings. The summed E-state index contributed by atoms with van der Waals surface area (Å²) in [4.78, 5) is 10.9. The summed E-state index contributed by atoms with van der Waals surface area (Å²) in [6, 6.07) is 8.02. The molecule has 1 rings (SSSR count). The maximum absolute atomic E-state index is 10.9. The van der Waals surface area contributed by atoms with Crippen molar-refractivity contribution in [3.8, 4) is 0 Å². The van der Waals surface area contributed by atoms with E-state index in [1.807, 2.05) is 52.0 Å². The highest BCUT2D eigenvalue weighted by atomic mass is 16.1. The summed E-state index contributed by atoms with van der Waals surface area (Å²) in [6.45, 7) is 11.9. The molecule has 1 unspecified atom stereocenters. The first-order valence-corrected chi connectivity index (χ1v) is 6.05. The molecule has 2 nitrogen and oxygen atoms in total. The maximum Gasteiger partial charge on any atom is 0.220 e. The van der Waals surface area contributed by atoms with Gasteiger partial charge in [-0.1, -0.05) is 51.6 Å². The predicted octanol–water partition coefficient (Wildman–Crippen LogP) is 3.55. The van der Waals surface area contributed by atoms with Crippen molar-refractivity contribution in [1.82, 2.24) is 0 Å². The summed E-state index contributed by atoms with van der Waals surface area (Å²) < 4.78 is 0. The van der Waals surface area contributed by atoms with Crippen LogP contribution in [-0.4, -0.2) is 5.91 Å². The van der Waals surface area contributed by atoms with Gasteiger partial charge in [0.2, 0.25) is 5.91 Å². The van der Waals surface area contributed by atoms with Gasteiger partial charge in [-0.3, -0.25) is 4.79 Å². The number of benzene rings is 1. The second-order valence-corrected chi connectivity index (χ2v) is 3.93. The largest absolute Gasteiger partial charge is 0.369 e. The zero-order valence-electron chi connectivity index (χ0n) is 11.3. The van der Waals surface area contributed by atoms with Crippen molar-refractivity contribution in [2.45, 2.75) is 34.1 Å². The van der Waals surface area contributed by atoms with E-state index in [0.29, 0.717) is 6.42 Å². The second-order valence-electron chi connectivity index (χ2n) is 3.93. The van der Waals surface area contributed by atoms with Crippen molar-refractivity contribution in [2.24, 2.45) is 11.7 Å². The minimum absolute atomic E-state index is 0.155. The van der Waals surface area contributed by atoms with Crippen LogP contribution in [0.5, 0.6) is 0 Å². The van der Waals surface area contributed by atoms with Crippen molar-refractivity contribution in [2.75, 3.05) is 0 Å². The number of carbonyl (C=O) groups excluding carboxylic acids is 1. The molecule has 2 N–H and O–H groups in total. The topological polar surface area (TPSA) is 43.1 Å². The van der Waals surface area contributed by atoms with Crippen LogP contribution in [-0.2, 0) is 4.79 Å². The van der Waals surface area contributed by atoms with Crippen molar-refractivity contribution < 1.29 is 4.79 Å². The Kier molecular flexibility index (Phi) is 6.95. The molecule has 0 spiro atoms. The third kappa shape index (κ3) is 4.85. The van der Waals surface area contributed by atoms with Gasteiger partial charge in [0, 0.05) is 5.92 Å². The van der Waals surface area contributed by atoms with Gasteiger partial charge in [-0.15, -0.1) is 0 Å².